The number of Topliss-reactive ketones (excluding diaryl/α,β-unsaturated/α-hetero) is 1. The molecule has 0 saturated carbocycles. The molecule has 0 radical (unpaired) electrons. The first-order chi connectivity index (χ1) is 12.2. The minimum Gasteiger partial charge on any atom is -0.378 e. The fourth-order valence-corrected chi connectivity index (χ4v) is 2.53. The lowest BCUT2D eigenvalue weighted by Gasteiger charge is -2.05. The molecule has 3 aromatic rings. The molecule has 3 rings (SSSR count). The predicted molar refractivity (Wildman–Crippen MR) is 94.9 cm³/mol. The molecule has 128 valence electrons. The Morgan fingerprint density at radius 2 is 1.92 bits per heavy atom. The van der Waals surface area contributed by atoms with Crippen LogP contribution in [0.25, 0.3) is 11.3 Å². The number of carbonyl (C=O) groups is 1. The Labute approximate surface area is 145 Å². The summed E-state index contributed by atoms with van der Waals surface area (Å²) in [5.41, 5.74) is 2.47. The van der Waals surface area contributed by atoms with Crippen molar-refractivity contribution in [1.29, 1.82) is 0 Å². The van der Waals surface area contributed by atoms with Crippen molar-refractivity contribution < 1.29 is 13.7 Å². The molecule has 5 heteroatoms. The maximum Gasteiger partial charge on any atom is 0.162 e. The molecule has 2 aromatic carbocycles. The van der Waals surface area contributed by atoms with Crippen LogP contribution in [0.2, 0.25) is 0 Å². The molecule has 0 amide bonds. The SMILES string of the molecule is CCCC(=O)c1ccc(NCc2cc(-c3ccccc3F)no2)cc1. The summed E-state index contributed by atoms with van der Waals surface area (Å²) in [5, 5.41) is 7.12. The second kappa shape index (κ2) is 7.75. The molecule has 4 nitrogen and oxygen atoms in total. The second-order valence-electron chi connectivity index (χ2n) is 5.76. The average molecular weight is 338 g/mol. The van der Waals surface area contributed by atoms with E-state index in [0.29, 0.717) is 35.5 Å². The molecule has 0 bridgehead atoms. The van der Waals surface area contributed by atoms with Crippen LogP contribution in [0.1, 0.15) is 35.9 Å². The number of benzene rings is 2. The maximum atomic E-state index is 13.8. The van der Waals surface area contributed by atoms with E-state index >= 15 is 0 Å². The molecule has 0 spiro atoms. The van der Waals surface area contributed by atoms with E-state index < -0.39 is 0 Å². The van der Waals surface area contributed by atoms with E-state index in [1.54, 1.807) is 24.3 Å². The van der Waals surface area contributed by atoms with E-state index in [9.17, 15) is 9.18 Å². The van der Waals surface area contributed by atoms with Crippen LogP contribution in [0.3, 0.4) is 0 Å². The standard InChI is InChI=1S/C20H19FN2O2/c1-2-5-20(24)14-8-10-15(11-9-14)22-13-16-12-19(23-25-16)17-6-3-4-7-18(17)21/h3-4,6-12,22H,2,5,13H2,1H3. The first-order valence-corrected chi connectivity index (χ1v) is 8.25. The van der Waals surface area contributed by atoms with Crippen molar-refractivity contribution in [2.24, 2.45) is 0 Å². The van der Waals surface area contributed by atoms with Crippen molar-refractivity contribution in [2.75, 3.05) is 5.32 Å². The monoisotopic (exact) mass is 338 g/mol. The fraction of sp³-hybridized carbons (Fsp3) is 0.200. The molecule has 0 fully saturated rings. The lowest BCUT2D eigenvalue weighted by molar-refractivity contribution is 0.0982. The number of rotatable bonds is 7. The fourth-order valence-electron chi connectivity index (χ4n) is 2.53. The van der Waals surface area contributed by atoms with Crippen molar-refractivity contribution in [3.8, 4) is 11.3 Å². The second-order valence-corrected chi connectivity index (χ2v) is 5.76. The summed E-state index contributed by atoms with van der Waals surface area (Å²) in [6, 6.07) is 15.5. The smallest absolute Gasteiger partial charge is 0.162 e. The summed E-state index contributed by atoms with van der Waals surface area (Å²) >= 11 is 0. The van der Waals surface area contributed by atoms with E-state index in [0.717, 1.165) is 12.1 Å². The van der Waals surface area contributed by atoms with E-state index in [1.807, 2.05) is 31.2 Å². The van der Waals surface area contributed by atoms with Crippen LogP contribution in [0.5, 0.6) is 0 Å². The van der Waals surface area contributed by atoms with Crippen LogP contribution < -0.4 is 5.32 Å². The first-order valence-electron chi connectivity index (χ1n) is 8.25. The number of ketones is 1. The quantitative estimate of drug-likeness (QED) is 0.611. The molecule has 0 aliphatic carbocycles. The Kier molecular flexibility index (Phi) is 5.23. The number of hydrogen-bond acceptors (Lipinski definition) is 4. The number of nitrogens with zero attached hydrogens (tertiary/aromatic N) is 1. The van der Waals surface area contributed by atoms with Crippen LogP contribution >= 0.6 is 0 Å². The van der Waals surface area contributed by atoms with Gasteiger partial charge in [0.1, 0.15) is 11.5 Å². The summed E-state index contributed by atoms with van der Waals surface area (Å²) in [7, 11) is 0. The molecule has 0 aliphatic rings. The minimum absolute atomic E-state index is 0.152. The summed E-state index contributed by atoms with van der Waals surface area (Å²) in [6.45, 7) is 2.41. The van der Waals surface area contributed by atoms with Crippen LogP contribution in [0.15, 0.2) is 59.1 Å². The van der Waals surface area contributed by atoms with Gasteiger partial charge in [0.05, 0.1) is 6.54 Å². The molecule has 25 heavy (non-hydrogen) atoms. The summed E-state index contributed by atoms with van der Waals surface area (Å²) in [6.07, 6.45) is 1.40. The predicted octanol–water partition coefficient (Wildman–Crippen LogP) is 5.08. The van der Waals surface area contributed by atoms with Gasteiger partial charge in [-0.2, -0.15) is 0 Å². The zero-order chi connectivity index (χ0) is 17.6. The zero-order valence-corrected chi connectivity index (χ0v) is 14.0. The molecule has 1 aromatic heterocycles. The molecule has 1 N–H and O–H groups in total. The van der Waals surface area contributed by atoms with Crippen molar-refractivity contribution in [1.82, 2.24) is 5.16 Å². The highest BCUT2D eigenvalue weighted by Crippen LogP contribution is 2.22. The van der Waals surface area contributed by atoms with Gasteiger partial charge in [0.25, 0.3) is 0 Å². The Morgan fingerprint density at radius 1 is 1.16 bits per heavy atom. The number of nitrogens with one attached hydrogen (secondary N) is 1. The number of carbonyl (C=O) groups excluding carboxylic acids is 1. The minimum atomic E-state index is -0.331. The van der Waals surface area contributed by atoms with E-state index in [-0.39, 0.29) is 11.6 Å². The van der Waals surface area contributed by atoms with Crippen LogP contribution in [-0.2, 0) is 6.54 Å². The highest BCUT2D eigenvalue weighted by atomic mass is 19.1. The van der Waals surface area contributed by atoms with Gasteiger partial charge in [0.2, 0.25) is 0 Å². The van der Waals surface area contributed by atoms with Gasteiger partial charge in [-0.05, 0) is 42.8 Å². The Balaban J connectivity index is 1.63. The van der Waals surface area contributed by atoms with Gasteiger partial charge in [-0.3, -0.25) is 4.79 Å². The number of aromatic nitrogens is 1. The molecule has 0 unspecified atom stereocenters. The molecule has 0 aliphatic heterocycles. The highest BCUT2D eigenvalue weighted by Gasteiger charge is 2.10. The first kappa shape index (κ1) is 16.9. The lowest BCUT2D eigenvalue weighted by Crippen LogP contribution is -2.00. The average Bonchev–Trinajstić information content (AvgIpc) is 3.10. The third-order valence-electron chi connectivity index (χ3n) is 3.86. The normalized spacial score (nSPS) is 10.6. The van der Waals surface area contributed by atoms with Gasteiger partial charge in [0, 0.05) is 29.3 Å². The topological polar surface area (TPSA) is 55.1 Å². The van der Waals surface area contributed by atoms with Crippen molar-refractivity contribution in [3.63, 3.8) is 0 Å². The number of anilines is 1. The maximum absolute atomic E-state index is 13.8. The van der Waals surface area contributed by atoms with Gasteiger partial charge in [-0.25, -0.2) is 4.39 Å². The third kappa shape index (κ3) is 4.12. The largest absolute Gasteiger partial charge is 0.378 e. The Hall–Kier alpha value is -2.95. The van der Waals surface area contributed by atoms with Crippen molar-refractivity contribution >= 4 is 11.5 Å². The van der Waals surface area contributed by atoms with Crippen molar-refractivity contribution in [2.45, 2.75) is 26.3 Å². The Morgan fingerprint density at radius 3 is 2.64 bits per heavy atom. The molecular weight excluding hydrogens is 319 g/mol. The molecular formula is C20H19FN2O2. The highest BCUT2D eigenvalue weighted by molar-refractivity contribution is 5.96. The van der Waals surface area contributed by atoms with Crippen LogP contribution in [0.4, 0.5) is 10.1 Å². The lowest BCUT2D eigenvalue weighted by atomic mass is 10.1. The number of halogens is 1. The number of hydrogen-bond donors (Lipinski definition) is 1. The summed E-state index contributed by atoms with van der Waals surface area (Å²) in [5.74, 6) is 0.422. The van der Waals surface area contributed by atoms with Gasteiger partial charge >= 0.3 is 0 Å². The molecule has 0 saturated heterocycles. The van der Waals surface area contributed by atoms with E-state index in [2.05, 4.69) is 10.5 Å². The molecule has 0 atom stereocenters. The van der Waals surface area contributed by atoms with E-state index in [1.165, 1.54) is 6.07 Å². The molecule has 1 heterocycles. The van der Waals surface area contributed by atoms with Gasteiger partial charge in [-0.15, -0.1) is 0 Å². The van der Waals surface area contributed by atoms with Gasteiger partial charge in [0.15, 0.2) is 11.5 Å². The van der Waals surface area contributed by atoms with Gasteiger partial charge in [-0.1, -0.05) is 24.2 Å². The zero-order valence-electron chi connectivity index (χ0n) is 14.0. The third-order valence-corrected chi connectivity index (χ3v) is 3.86. The van der Waals surface area contributed by atoms with Crippen molar-refractivity contribution in [3.05, 3.63) is 71.7 Å². The Bertz CT molecular complexity index is 856. The summed E-state index contributed by atoms with van der Waals surface area (Å²) in [4.78, 5) is 11.8. The van der Waals surface area contributed by atoms with Gasteiger partial charge < -0.3 is 9.84 Å². The van der Waals surface area contributed by atoms with Crippen LogP contribution in [-0.4, -0.2) is 10.9 Å². The van der Waals surface area contributed by atoms with E-state index in [4.69, 9.17) is 4.52 Å². The summed E-state index contributed by atoms with van der Waals surface area (Å²) < 4.78 is 19.0. The van der Waals surface area contributed by atoms with Crippen LogP contribution in [0, 0.1) is 5.82 Å².